The first-order valence-electron chi connectivity index (χ1n) is 5.82. The van der Waals surface area contributed by atoms with Gasteiger partial charge in [-0.15, -0.1) is 0 Å². The number of halogens is 1. The normalized spacial score (nSPS) is 24.1. The Morgan fingerprint density at radius 1 is 1.67 bits per heavy atom. The monoisotopic (exact) mass is 313 g/mol. The molecule has 1 saturated heterocycles. The summed E-state index contributed by atoms with van der Waals surface area (Å²) >= 11 is 3.36. The van der Waals surface area contributed by atoms with Crippen molar-refractivity contribution in [1.29, 1.82) is 0 Å². The summed E-state index contributed by atoms with van der Waals surface area (Å²) in [6, 6.07) is 1.96. The van der Waals surface area contributed by atoms with Gasteiger partial charge in [0.15, 0.2) is 5.60 Å². The third kappa shape index (κ3) is 2.49. The van der Waals surface area contributed by atoms with Gasteiger partial charge in [0.2, 0.25) is 0 Å². The molecule has 0 unspecified atom stereocenters. The van der Waals surface area contributed by atoms with Gasteiger partial charge in [-0.2, -0.15) is 0 Å². The molecule has 1 aromatic heterocycles. The molecule has 1 aliphatic rings. The second-order valence-corrected chi connectivity index (χ2v) is 5.63. The maximum atomic E-state index is 11.3. The Kier molecular flexibility index (Phi) is 3.59. The van der Waals surface area contributed by atoms with Crippen LogP contribution in [-0.2, 0) is 4.79 Å². The standard InChI is InChI=1S/C12H16BrN3O2/c1-8-5-9(13)6-15-10(8)16-4-2-3-12(18,7-16)11(14)17/h5-6,18H,2-4,7H2,1H3,(H2,14,17)/t12-/m0/s1. The SMILES string of the molecule is Cc1cc(Br)cnc1N1CCC[C@@](O)(C(N)=O)C1. The van der Waals surface area contributed by atoms with Gasteiger partial charge in [0, 0.05) is 17.2 Å². The molecule has 6 heteroatoms. The number of β-amino-alcohol motifs (C(OH)–C–C–N with tert-alkyl or cyclic N) is 1. The maximum Gasteiger partial charge on any atom is 0.251 e. The van der Waals surface area contributed by atoms with Crippen LogP contribution < -0.4 is 10.6 Å². The Labute approximate surface area is 114 Å². The maximum absolute atomic E-state index is 11.3. The van der Waals surface area contributed by atoms with Crippen molar-refractivity contribution in [2.45, 2.75) is 25.4 Å². The Morgan fingerprint density at radius 3 is 3.00 bits per heavy atom. The van der Waals surface area contributed by atoms with E-state index in [4.69, 9.17) is 5.73 Å². The van der Waals surface area contributed by atoms with E-state index in [1.165, 1.54) is 0 Å². The molecule has 0 saturated carbocycles. The number of carbonyl (C=O) groups is 1. The highest BCUT2D eigenvalue weighted by Crippen LogP contribution is 2.27. The number of pyridine rings is 1. The van der Waals surface area contributed by atoms with E-state index in [2.05, 4.69) is 20.9 Å². The van der Waals surface area contributed by atoms with Gasteiger partial charge in [-0.25, -0.2) is 4.98 Å². The van der Waals surface area contributed by atoms with E-state index in [-0.39, 0.29) is 6.54 Å². The number of aryl methyl sites for hydroxylation is 1. The van der Waals surface area contributed by atoms with Crippen LogP contribution in [0.25, 0.3) is 0 Å². The van der Waals surface area contributed by atoms with Crippen molar-refractivity contribution in [2.24, 2.45) is 5.73 Å². The molecule has 1 aliphatic heterocycles. The Balaban J connectivity index is 2.26. The zero-order chi connectivity index (χ0) is 13.3. The number of anilines is 1. The van der Waals surface area contributed by atoms with Crippen molar-refractivity contribution in [1.82, 2.24) is 4.98 Å². The number of rotatable bonds is 2. The Bertz CT molecular complexity index is 480. The first-order valence-corrected chi connectivity index (χ1v) is 6.61. The molecule has 1 fully saturated rings. The fraction of sp³-hybridized carbons (Fsp3) is 0.500. The number of hydrogen-bond donors (Lipinski definition) is 2. The number of hydrogen-bond acceptors (Lipinski definition) is 4. The predicted molar refractivity (Wildman–Crippen MR) is 72.3 cm³/mol. The van der Waals surface area contributed by atoms with Crippen LogP contribution in [-0.4, -0.2) is 34.7 Å². The lowest BCUT2D eigenvalue weighted by Gasteiger charge is -2.38. The zero-order valence-electron chi connectivity index (χ0n) is 10.2. The quantitative estimate of drug-likeness (QED) is 0.852. The van der Waals surface area contributed by atoms with E-state index in [0.29, 0.717) is 6.42 Å². The van der Waals surface area contributed by atoms with Crippen LogP contribution in [0.15, 0.2) is 16.7 Å². The van der Waals surface area contributed by atoms with Crippen molar-refractivity contribution in [3.63, 3.8) is 0 Å². The molecule has 3 N–H and O–H groups in total. The molecule has 18 heavy (non-hydrogen) atoms. The van der Waals surface area contributed by atoms with Crippen molar-refractivity contribution >= 4 is 27.7 Å². The number of aliphatic hydroxyl groups is 1. The fourth-order valence-electron chi connectivity index (χ4n) is 2.28. The third-order valence-corrected chi connectivity index (χ3v) is 3.68. The van der Waals surface area contributed by atoms with Gasteiger partial charge in [-0.1, -0.05) is 0 Å². The third-order valence-electron chi connectivity index (χ3n) is 3.25. The highest BCUT2D eigenvalue weighted by Gasteiger charge is 2.39. The first kappa shape index (κ1) is 13.3. The molecular weight excluding hydrogens is 298 g/mol. The molecule has 0 spiro atoms. The smallest absolute Gasteiger partial charge is 0.251 e. The number of nitrogens with two attached hydrogens (primary N) is 1. The van der Waals surface area contributed by atoms with Crippen LogP contribution >= 0.6 is 15.9 Å². The van der Waals surface area contributed by atoms with Gasteiger partial charge in [0.25, 0.3) is 5.91 Å². The lowest BCUT2D eigenvalue weighted by molar-refractivity contribution is -0.137. The highest BCUT2D eigenvalue weighted by atomic mass is 79.9. The van der Waals surface area contributed by atoms with E-state index >= 15 is 0 Å². The lowest BCUT2D eigenvalue weighted by Crippen LogP contribution is -2.56. The summed E-state index contributed by atoms with van der Waals surface area (Å²) in [5.74, 6) is 0.125. The van der Waals surface area contributed by atoms with Crippen molar-refractivity contribution in [3.05, 3.63) is 22.3 Å². The van der Waals surface area contributed by atoms with Crippen LogP contribution in [0.2, 0.25) is 0 Å². The molecule has 5 nitrogen and oxygen atoms in total. The number of amides is 1. The van der Waals surface area contributed by atoms with Crippen molar-refractivity contribution in [2.75, 3.05) is 18.0 Å². The molecule has 0 aromatic carbocycles. The van der Waals surface area contributed by atoms with Gasteiger partial charge in [0.1, 0.15) is 5.82 Å². The van der Waals surface area contributed by atoms with Crippen LogP contribution in [0.3, 0.4) is 0 Å². The number of carbonyl (C=O) groups excluding carboxylic acids is 1. The number of piperidine rings is 1. The van der Waals surface area contributed by atoms with Gasteiger partial charge in [-0.3, -0.25) is 4.79 Å². The molecule has 0 bridgehead atoms. The number of primary amides is 1. The Morgan fingerprint density at radius 2 is 2.39 bits per heavy atom. The zero-order valence-corrected chi connectivity index (χ0v) is 11.8. The van der Waals surface area contributed by atoms with E-state index in [1.54, 1.807) is 6.20 Å². The fourth-order valence-corrected chi connectivity index (χ4v) is 2.73. The topological polar surface area (TPSA) is 79.4 Å². The average molecular weight is 314 g/mol. The minimum absolute atomic E-state index is 0.206. The molecule has 0 radical (unpaired) electrons. The predicted octanol–water partition coefficient (Wildman–Crippen LogP) is 0.969. The van der Waals surface area contributed by atoms with Crippen molar-refractivity contribution in [3.8, 4) is 0 Å². The summed E-state index contributed by atoms with van der Waals surface area (Å²) in [6.45, 7) is 2.92. The van der Waals surface area contributed by atoms with Gasteiger partial charge in [-0.05, 0) is 47.3 Å². The average Bonchev–Trinajstić information content (AvgIpc) is 2.28. The van der Waals surface area contributed by atoms with Crippen LogP contribution in [0.4, 0.5) is 5.82 Å². The van der Waals surface area contributed by atoms with Crippen LogP contribution in [0.5, 0.6) is 0 Å². The number of aromatic nitrogens is 1. The van der Waals surface area contributed by atoms with Crippen LogP contribution in [0, 0.1) is 6.92 Å². The van der Waals surface area contributed by atoms with Crippen LogP contribution in [0.1, 0.15) is 18.4 Å². The van der Waals surface area contributed by atoms with E-state index < -0.39 is 11.5 Å². The second-order valence-electron chi connectivity index (χ2n) is 4.71. The van der Waals surface area contributed by atoms with E-state index in [9.17, 15) is 9.90 Å². The van der Waals surface area contributed by atoms with Gasteiger partial charge >= 0.3 is 0 Å². The van der Waals surface area contributed by atoms with E-state index in [1.807, 2.05) is 17.9 Å². The molecule has 0 aliphatic carbocycles. The molecule has 1 aromatic rings. The van der Waals surface area contributed by atoms with Gasteiger partial charge in [0.05, 0.1) is 6.54 Å². The summed E-state index contributed by atoms with van der Waals surface area (Å²) < 4.78 is 0.908. The molecular formula is C12H16BrN3O2. The Hall–Kier alpha value is -1.14. The first-order chi connectivity index (χ1) is 8.42. The number of nitrogens with zero attached hydrogens (tertiary/aromatic N) is 2. The molecule has 1 amide bonds. The molecule has 1 atom stereocenters. The second kappa shape index (κ2) is 4.85. The van der Waals surface area contributed by atoms with Crippen molar-refractivity contribution < 1.29 is 9.90 Å². The largest absolute Gasteiger partial charge is 0.378 e. The molecule has 2 rings (SSSR count). The summed E-state index contributed by atoms with van der Waals surface area (Å²) in [4.78, 5) is 17.6. The summed E-state index contributed by atoms with van der Waals surface area (Å²) in [7, 11) is 0. The summed E-state index contributed by atoms with van der Waals surface area (Å²) in [5.41, 5.74) is 4.81. The summed E-state index contributed by atoms with van der Waals surface area (Å²) in [5, 5.41) is 10.2. The minimum atomic E-state index is -1.44. The highest BCUT2D eigenvalue weighted by molar-refractivity contribution is 9.10. The molecule has 98 valence electrons. The summed E-state index contributed by atoms with van der Waals surface area (Å²) in [6.07, 6.45) is 2.84. The lowest BCUT2D eigenvalue weighted by atomic mass is 9.92. The molecule has 2 heterocycles. The van der Waals surface area contributed by atoms with Gasteiger partial charge < -0.3 is 15.7 Å². The van der Waals surface area contributed by atoms with E-state index in [0.717, 1.165) is 28.8 Å². The minimum Gasteiger partial charge on any atom is -0.378 e.